The fourth-order valence-electron chi connectivity index (χ4n) is 3.01. The Morgan fingerprint density at radius 3 is 2.66 bits per heavy atom. The number of pyridine rings is 1. The second-order valence-corrected chi connectivity index (χ2v) is 6.55. The Balaban J connectivity index is 0.00000300. The lowest BCUT2D eigenvalue weighted by molar-refractivity contribution is 0.188. The minimum atomic E-state index is -0.276. The molecule has 1 aliphatic rings. The molecule has 7 nitrogen and oxygen atoms in total. The Labute approximate surface area is 189 Å². The van der Waals surface area contributed by atoms with Gasteiger partial charge in [0, 0.05) is 31.9 Å². The first-order valence-corrected chi connectivity index (χ1v) is 9.75. The van der Waals surface area contributed by atoms with Crippen LogP contribution in [0.1, 0.15) is 25.8 Å². The van der Waals surface area contributed by atoms with E-state index in [-0.39, 0.29) is 30.1 Å². The largest absolute Gasteiger partial charge is 0.490 e. The van der Waals surface area contributed by atoms with E-state index in [2.05, 4.69) is 20.2 Å². The van der Waals surface area contributed by atoms with Crippen LogP contribution < -0.4 is 14.8 Å². The number of ether oxygens (including phenoxy) is 2. The first kappa shape index (κ1) is 23.2. The predicted octanol–water partition coefficient (Wildman–Crippen LogP) is 3.42. The van der Waals surface area contributed by atoms with Crippen molar-refractivity contribution in [3.63, 3.8) is 0 Å². The molecule has 0 bridgehead atoms. The fourth-order valence-corrected chi connectivity index (χ4v) is 3.01. The summed E-state index contributed by atoms with van der Waals surface area (Å²) in [5.41, 5.74) is 0.987. The van der Waals surface area contributed by atoms with Crippen molar-refractivity contribution in [3.8, 4) is 17.4 Å². The van der Waals surface area contributed by atoms with Gasteiger partial charge in [-0.15, -0.1) is 24.0 Å². The number of aliphatic imine (C=N–C) groups is 1. The molecule has 3 rings (SSSR count). The highest BCUT2D eigenvalue weighted by molar-refractivity contribution is 14.0. The van der Waals surface area contributed by atoms with Gasteiger partial charge in [0.1, 0.15) is 0 Å². The van der Waals surface area contributed by atoms with Crippen LogP contribution >= 0.6 is 24.0 Å². The highest BCUT2D eigenvalue weighted by Crippen LogP contribution is 2.30. The second-order valence-electron chi connectivity index (χ2n) is 6.55. The molecule has 29 heavy (non-hydrogen) atoms. The van der Waals surface area contributed by atoms with E-state index in [1.54, 1.807) is 6.20 Å². The van der Waals surface area contributed by atoms with Crippen molar-refractivity contribution in [1.29, 1.82) is 0 Å². The third kappa shape index (κ3) is 6.74. The smallest absolute Gasteiger partial charge is 0.219 e. The maximum Gasteiger partial charge on any atom is 0.219 e. The summed E-state index contributed by atoms with van der Waals surface area (Å²) < 4.78 is 11.4. The number of aliphatic hydroxyl groups excluding tert-OH is 1. The molecule has 0 saturated carbocycles. The zero-order valence-corrected chi connectivity index (χ0v) is 19.2. The molecule has 0 aliphatic carbocycles. The second kappa shape index (κ2) is 11.8. The molecule has 2 heterocycles. The molecule has 2 N–H and O–H groups in total. The molecular formula is C21H29IN4O3. The minimum absolute atomic E-state index is 0. The third-order valence-electron chi connectivity index (χ3n) is 4.37. The van der Waals surface area contributed by atoms with Gasteiger partial charge in [0.25, 0.3) is 0 Å². The number of benzene rings is 1. The highest BCUT2D eigenvalue weighted by Gasteiger charge is 2.22. The van der Waals surface area contributed by atoms with Gasteiger partial charge in [0.05, 0.1) is 19.3 Å². The number of hydrogen-bond donors (Lipinski definition) is 2. The van der Waals surface area contributed by atoms with Crippen molar-refractivity contribution >= 4 is 29.9 Å². The highest BCUT2D eigenvalue weighted by atomic mass is 127. The molecule has 1 aromatic carbocycles. The van der Waals surface area contributed by atoms with Crippen molar-refractivity contribution in [1.82, 2.24) is 15.2 Å². The fraction of sp³-hybridized carbons (Fsp3) is 0.429. The molecule has 1 saturated heterocycles. The SMILES string of the molecule is CCNC(=NCc1ccc(Oc2ccccc2OCC)nc1)N1CC[C@@H](O)C1.I. The third-order valence-corrected chi connectivity index (χ3v) is 4.37. The quantitative estimate of drug-likeness (QED) is 0.337. The Morgan fingerprint density at radius 2 is 2.03 bits per heavy atom. The van der Waals surface area contributed by atoms with E-state index in [1.165, 1.54) is 0 Å². The number of likely N-dealkylation sites (tertiary alicyclic amines) is 1. The van der Waals surface area contributed by atoms with Gasteiger partial charge in [0.2, 0.25) is 5.88 Å². The Morgan fingerprint density at radius 1 is 1.24 bits per heavy atom. The van der Waals surface area contributed by atoms with E-state index in [1.807, 2.05) is 50.2 Å². The number of nitrogens with one attached hydrogen (secondary N) is 1. The zero-order chi connectivity index (χ0) is 19.8. The van der Waals surface area contributed by atoms with Gasteiger partial charge in [-0.05, 0) is 38.0 Å². The molecular weight excluding hydrogens is 483 g/mol. The normalized spacial score (nSPS) is 16.3. The summed E-state index contributed by atoms with van der Waals surface area (Å²) in [6, 6.07) is 11.3. The van der Waals surface area contributed by atoms with Crippen molar-refractivity contribution in [2.45, 2.75) is 32.9 Å². The summed E-state index contributed by atoms with van der Waals surface area (Å²) >= 11 is 0. The van der Waals surface area contributed by atoms with Gasteiger partial charge >= 0.3 is 0 Å². The molecule has 2 aromatic rings. The van der Waals surface area contributed by atoms with Crippen molar-refractivity contribution in [2.75, 3.05) is 26.2 Å². The van der Waals surface area contributed by atoms with Gasteiger partial charge in [-0.1, -0.05) is 18.2 Å². The number of guanidine groups is 1. The molecule has 158 valence electrons. The molecule has 1 fully saturated rings. The van der Waals surface area contributed by atoms with E-state index in [0.717, 1.165) is 31.0 Å². The number of β-amino-alcohol motifs (C(OH)–C–C–N with tert-alkyl or cyclic N) is 1. The van der Waals surface area contributed by atoms with Gasteiger partial charge < -0.3 is 24.8 Å². The molecule has 0 amide bonds. The average molecular weight is 512 g/mol. The molecule has 8 heteroatoms. The van der Waals surface area contributed by atoms with Crippen LogP contribution in [-0.4, -0.2) is 53.3 Å². The number of hydrogen-bond acceptors (Lipinski definition) is 5. The lowest BCUT2D eigenvalue weighted by Crippen LogP contribution is -2.40. The van der Waals surface area contributed by atoms with Crippen molar-refractivity contribution in [2.24, 2.45) is 4.99 Å². The van der Waals surface area contributed by atoms with Crippen LogP contribution in [0.25, 0.3) is 0 Å². The summed E-state index contributed by atoms with van der Waals surface area (Å²) in [5.74, 6) is 2.67. The molecule has 1 atom stereocenters. The van der Waals surface area contributed by atoms with Crippen LogP contribution in [0.2, 0.25) is 0 Å². The van der Waals surface area contributed by atoms with Crippen LogP contribution in [0.15, 0.2) is 47.6 Å². The zero-order valence-electron chi connectivity index (χ0n) is 16.9. The molecule has 1 aliphatic heterocycles. The number of aliphatic hydroxyl groups is 1. The predicted molar refractivity (Wildman–Crippen MR) is 124 cm³/mol. The van der Waals surface area contributed by atoms with Gasteiger partial charge in [-0.3, -0.25) is 0 Å². The van der Waals surface area contributed by atoms with Crippen LogP contribution in [0, 0.1) is 0 Å². The first-order chi connectivity index (χ1) is 13.7. The van der Waals surface area contributed by atoms with Crippen LogP contribution in [-0.2, 0) is 6.54 Å². The van der Waals surface area contributed by atoms with Crippen LogP contribution in [0.5, 0.6) is 17.4 Å². The van der Waals surface area contributed by atoms with E-state index in [9.17, 15) is 5.11 Å². The maximum atomic E-state index is 9.75. The standard InChI is InChI=1S/C21H28N4O3.HI/c1-3-22-21(25-12-11-17(26)15-25)24-14-16-9-10-20(23-13-16)28-19-8-6-5-7-18(19)27-4-2;/h5-10,13,17,26H,3-4,11-12,14-15H2,1-2H3,(H,22,24);1H/t17-;/m1./s1. The number of halogens is 1. The lowest BCUT2D eigenvalue weighted by atomic mass is 10.3. The Kier molecular flexibility index (Phi) is 9.46. The summed E-state index contributed by atoms with van der Waals surface area (Å²) in [7, 11) is 0. The van der Waals surface area contributed by atoms with E-state index < -0.39 is 0 Å². The topological polar surface area (TPSA) is 79.2 Å². The molecule has 0 radical (unpaired) electrons. The van der Waals surface area contributed by atoms with Gasteiger partial charge in [-0.2, -0.15) is 0 Å². The Bertz CT molecular complexity index is 786. The first-order valence-electron chi connectivity index (χ1n) is 9.75. The van der Waals surface area contributed by atoms with E-state index >= 15 is 0 Å². The number of para-hydroxylation sites is 2. The minimum Gasteiger partial charge on any atom is -0.490 e. The summed E-state index contributed by atoms with van der Waals surface area (Å²) in [6.07, 6.45) is 2.27. The number of nitrogens with zero attached hydrogens (tertiary/aromatic N) is 3. The van der Waals surface area contributed by atoms with Crippen LogP contribution in [0.3, 0.4) is 0 Å². The monoisotopic (exact) mass is 512 g/mol. The average Bonchev–Trinajstić information content (AvgIpc) is 3.14. The van der Waals surface area contributed by atoms with Crippen LogP contribution in [0.4, 0.5) is 0 Å². The van der Waals surface area contributed by atoms with Crippen molar-refractivity contribution < 1.29 is 14.6 Å². The summed E-state index contributed by atoms with van der Waals surface area (Å²) in [4.78, 5) is 11.1. The lowest BCUT2D eigenvalue weighted by Gasteiger charge is -2.20. The summed E-state index contributed by atoms with van der Waals surface area (Å²) in [5, 5.41) is 13.0. The number of aromatic nitrogens is 1. The van der Waals surface area contributed by atoms with Crippen molar-refractivity contribution in [3.05, 3.63) is 48.2 Å². The number of rotatable bonds is 7. The molecule has 0 unspecified atom stereocenters. The van der Waals surface area contributed by atoms with Gasteiger partial charge in [-0.25, -0.2) is 9.98 Å². The Hall–Kier alpha value is -2.07. The molecule has 0 spiro atoms. The van der Waals surface area contributed by atoms with Gasteiger partial charge in [0.15, 0.2) is 17.5 Å². The maximum absolute atomic E-state index is 9.75. The molecule has 1 aromatic heterocycles. The van der Waals surface area contributed by atoms with E-state index in [0.29, 0.717) is 37.1 Å². The van der Waals surface area contributed by atoms with E-state index in [4.69, 9.17) is 9.47 Å². The summed E-state index contributed by atoms with van der Waals surface area (Å²) in [6.45, 7) is 7.29.